The molecule has 1 saturated carbocycles. The summed E-state index contributed by atoms with van der Waals surface area (Å²) < 4.78 is 5.26. The Morgan fingerprint density at radius 2 is 2.22 bits per heavy atom. The first-order chi connectivity index (χ1) is 8.61. The number of nitrogens with one attached hydrogen (secondary N) is 1. The summed E-state index contributed by atoms with van der Waals surface area (Å²) in [5.74, 6) is -0.560. The molecule has 0 unspecified atom stereocenters. The van der Waals surface area contributed by atoms with Crippen molar-refractivity contribution in [3.8, 4) is 0 Å². The molecule has 0 aliphatic heterocycles. The first kappa shape index (κ1) is 12.7. The highest BCUT2D eigenvalue weighted by Crippen LogP contribution is 2.28. The fourth-order valence-electron chi connectivity index (χ4n) is 2.16. The van der Waals surface area contributed by atoms with E-state index in [1.165, 1.54) is 6.26 Å². The van der Waals surface area contributed by atoms with Gasteiger partial charge in [-0.05, 0) is 25.3 Å². The van der Waals surface area contributed by atoms with Gasteiger partial charge in [0, 0.05) is 12.5 Å². The maximum atomic E-state index is 12.0. The Bertz CT molecular complexity index is 446. The van der Waals surface area contributed by atoms with Crippen LogP contribution in [0.5, 0.6) is 0 Å². The van der Waals surface area contributed by atoms with Crippen LogP contribution in [-0.2, 0) is 11.2 Å². The van der Waals surface area contributed by atoms with E-state index in [9.17, 15) is 9.59 Å². The van der Waals surface area contributed by atoms with Crippen LogP contribution in [0.25, 0.3) is 0 Å². The molecule has 0 radical (unpaired) electrons. The minimum Gasteiger partial charge on any atom is -0.481 e. The number of carboxylic acid groups (broad SMARTS) is 1. The minimum absolute atomic E-state index is 0.0250. The molecule has 2 rings (SSSR count). The molecular formula is C13H17NO4. The van der Waals surface area contributed by atoms with Crippen molar-refractivity contribution in [1.29, 1.82) is 0 Å². The second kappa shape index (κ2) is 5.25. The van der Waals surface area contributed by atoms with E-state index >= 15 is 0 Å². The van der Waals surface area contributed by atoms with Crippen molar-refractivity contribution in [3.63, 3.8) is 0 Å². The zero-order chi connectivity index (χ0) is 13.1. The summed E-state index contributed by atoms with van der Waals surface area (Å²) in [4.78, 5) is 22.6. The smallest absolute Gasteiger partial charge is 0.306 e. The van der Waals surface area contributed by atoms with Gasteiger partial charge in [0.1, 0.15) is 5.76 Å². The number of carbonyl (C=O) groups is 2. The van der Waals surface area contributed by atoms with Crippen molar-refractivity contribution in [1.82, 2.24) is 5.32 Å². The van der Waals surface area contributed by atoms with Crippen molar-refractivity contribution in [2.45, 2.75) is 38.6 Å². The Hall–Kier alpha value is -1.78. The van der Waals surface area contributed by atoms with Gasteiger partial charge < -0.3 is 14.8 Å². The van der Waals surface area contributed by atoms with Crippen molar-refractivity contribution in [3.05, 3.63) is 23.7 Å². The summed E-state index contributed by atoms with van der Waals surface area (Å²) >= 11 is 0. The minimum atomic E-state index is -0.782. The number of furan rings is 1. The number of carbonyl (C=O) groups excluding carboxylic acids is 1. The van der Waals surface area contributed by atoms with E-state index in [1.54, 1.807) is 6.07 Å². The largest absolute Gasteiger partial charge is 0.481 e. The SMILES string of the molecule is CCCc1occc1C(=O)NC1CC(C(=O)O)C1. The average molecular weight is 251 g/mol. The van der Waals surface area contributed by atoms with Gasteiger partial charge in [-0.25, -0.2) is 0 Å². The Morgan fingerprint density at radius 3 is 2.83 bits per heavy atom. The number of hydrogen-bond acceptors (Lipinski definition) is 3. The molecule has 1 heterocycles. The standard InChI is InChI=1S/C13H17NO4/c1-2-3-11-10(4-5-18-11)12(15)14-9-6-8(7-9)13(16)17/h4-5,8-9H,2-3,6-7H2,1H3,(H,14,15)(H,16,17). The number of aliphatic carboxylic acids is 1. The molecule has 0 spiro atoms. The predicted octanol–water partition coefficient (Wildman–Crippen LogP) is 1.83. The Morgan fingerprint density at radius 1 is 1.50 bits per heavy atom. The van der Waals surface area contributed by atoms with Gasteiger partial charge in [0.05, 0.1) is 17.7 Å². The molecule has 1 aliphatic carbocycles. The zero-order valence-electron chi connectivity index (χ0n) is 10.3. The fourth-order valence-corrected chi connectivity index (χ4v) is 2.16. The lowest BCUT2D eigenvalue weighted by atomic mass is 9.80. The van der Waals surface area contributed by atoms with Crippen LogP contribution in [0, 0.1) is 5.92 Å². The normalized spacial score (nSPS) is 22.3. The van der Waals surface area contributed by atoms with Crippen LogP contribution in [0.15, 0.2) is 16.7 Å². The van der Waals surface area contributed by atoms with E-state index in [4.69, 9.17) is 9.52 Å². The summed E-state index contributed by atoms with van der Waals surface area (Å²) in [5.41, 5.74) is 0.565. The molecule has 98 valence electrons. The van der Waals surface area contributed by atoms with E-state index in [0.29, 0.717) is 24.2 Å². The third kappa shape index (κ3) is 2.55. The number of aryl methyl sites for hydroxylation is 1. The number of hydrogen-bond donors (Lipinski definition) is 2. The molecule has 0 saturated heterocycles. The van der Waals surface area contributed by atoms with E-state index in [0.717, 1.165) is 12.8 Å². The van der Waals surface area contributed by atoms with Gasteiger partial charge in [-0.3, -0.25) is 9.59 Å². The van der Waals surface area contributed by atoms with E-state index in [-0.39, 0.29) is 17.9 Å². The summed E-state index contributed by atoms with van der Waals surface area (Å²) in [5, 5.41) is 11.6. The lowest BCUT2D eigenvalue weighted by Crippen LogP contribution is -2.46. The molecule has 5 heteroatoms. The third-order valence-corrected chi connectivity index (χ3v) is 3.29. The molecule has 1 fully saturated rings. The summed E-state index contributed by atoms with van der Waals surface area (Å²) in [7, 11) is 0. The Balaban J connectivity index is 1.89. The highest BCUT2D eigenvalue weighted by atomic mass is 16.4. The maximum Gasteiger partial charge on any atom is 0.306 e. The van der Waals surface area contributed by atoms with Gasteiger partial charge in [-0.2, -0.15) is 0 Å². The van der Waals surface area contributed by atoms with Gasteiger partial charge >= 0.3 is 5.97 Å². The van der Waals surface area contributed by atoms with Gasteiger partial charge in [0.25, 0.3) is 5.91 Å². The Labute approximate surface area is 105 Å². The van der Waals surface area contributed by atoms with E-state index < -0.39 is 5.97 Å². The molecule has 1 amide bonds. The predicted molar refractivity (Wildman–Crippen MR) is 64.3 cm³/mol. The van der Waals surface area contributed by atoms with Crippen LogP contribution < -0.4 is 5.32 Å². The molecule has 2 N–H and O–H groups in total. The second-order valence-electron chi connectivity index (χ2n) is 4.68. The van der Waals surface area contributed by atoms with Crippen LogP contribution in [0.1, 0.15) is 42.3 Å². The molecular weight excluding hydrogens is 234 g/mol. The van der Waals surface area contributed by atoms with E-state index in [2.05, 4.69) is 5.32 Å². The molecule has 1 aromatic heterocycles. The number of rotatable bonds is 5. The van der Waals surface area contributed by atoms with Gasteiger partial charge in [-0.1, -0.05) is 6.92 Å². The molecule has 18 heavy (non-hydrogen) atoms. The summed E-state index contributed by atoms with van der Waals surface area (Å²) in [6, 6.07) is 1.64. The van der Waals surface area contributed by atoms with Crippen LogP contribution in [0.3, 0.4) is 0 Å². The maximum absolute atomic E-state index is 12.0. The molecule has 0 atom stereocenters. The average Bonchev–Trinajstić information content (AvgIpc) is 2.70. The van der Waals surface area contributed by atoms with Crippen molar-refractivity contribution in [2.75, 3.05) is 0 Å². The molecule has 0 bridgehead atoms. The Kier molecular flexibility index (Phi) is 3.69. The highest BCUT2D eigenvalue weighted by molar-refractivity contribution is 5.95. The summed E-state index contributed by atoms with van der Waals surface area (Å²) in [6.07, 6.45) is 4.20. The van der Waals surface area contributed by atoms with Gasteiger partial charge in [-0.15, -0.1) is 0 Å². The van der Waals surface area contributed by atoms with Crippen molar-refractivity contribution >= 4 is 11.9 Å². The van der Waals surface area contributed by atoms with Crippen LogP contribution in [0.4, 0.5) is 0 Å². The lowest BCUT2D eigenvalue weighted by Gasteiger charge is -2.32. The highest BCUT2D eigenvalue weighted by Gasteiger charge is 2.35. The quantitative estimate of drug-likeness (QED) is 0.836. The van der Waals surface area contributed by atoms with Crippen LogP contribution >= 0.6 is 0 Å². The van der Waals surface area contributed by atoms with E-state index in [1.807, 2.05) is 6.92 Å². The van der Waals surface area contributed by atoms with Crippen LogP contribution in [0.2, 0.25) is 0 Å². The van der Waals surface area contributed by atoms with Crippen molar-refractivity contribution < 1.29 is 19.1 Å². The first-order valence-electron chi connectivity index (χ1n) is 6.21. The molecule has 1 aromatic rings. The number of amides is 1. The zero-order valence-corrected chi connectivity index (χ0v) is 10.3. The van der Waals surface area contributed by atoms with Crippen LogP contribution in [-0.4, -0.2) is 23.0 Å². The topological polar surface area (TPSA) is 79.5 Å². The van der Waals surface area contributed by atoms with Gasteiger partial charge in [0.15, 0.2) is 0 Å². The first-order valence-corrected chi connectivity index (χ1v) is 6.21. The summed E-state index contributed by atoms with van der Waals surface area (Å²) in [6.45, 7) is 2.02. The van der Waals surface area contributed by atoms with Crippen molar-refractivity contribution in [2.24, 2.45) is 5.92 Å². The fraction of sp³-hybridized carbons (Fsp3) is 0.538. The monoisotopic (exact) mass is 251 g/mol. The molecule has 0 aromatic carbocycles. The van der Waals surface area contributed by atoms with Gasteiger partial charge in [0.2, 0.25) is 0 Å². The molecule has 1 aliphatic rings. The number of carboxylic acids is 1. The molecule has 5 nitrogen and oxygen atoms in total. The second-order valence-corrected chi connectivity index (χ2v) is 4.68. The third-order valence-electron chi connectivity index (χ3n) is 3.29. The lowest BCUT2D eigenvalue weighted by molar-refractivity contribution is -0.145.